The van der Waals surface area contributed by atoms with Crippen LogP contribution in [0.1, 0.15) is 0 Å². The maximum atomic E-state index is 5.35. The summed E-state index contributed by atoms with van der Waals surface area (Å²) in [5, 5.41) is 6.09. The standard InChI is InChI=1S/C55H36N4/c1-5-16-37(17-6-1)40-35-48(38-18-7-2-8-19-38)56-49(36-40)39-20-15-25-43(34-39)59-54-44(28-30-50-47(54)32-33-57(50)41-21-9-3-10-22-41)45-29-31-52-53(55(45)59)46-26-13-14-27-51(46)58(52)42-23-11-4-12-24-42/h1-36H. The largest absolute Gasteiger partial charge is 0.316 e. The maximum absolute atomic E-state index is 5.35. The maximum Gasteiger partial charge on any atom is 0.0716 e. The lowest BCUT2D eigenvalue weighted by Crippen LogP contribution is -1.97. The molecule has 0 spiro atoms. The zero-order chi connectivity index (χ0) is 38.9. The molecule has 276 valence electrons. The monoisotopic (exact) mass is 752 g/mol. The molecule has 0 aliphatic carbocycles. The van der Waals surface area contributed by atoms with Crippen molar-refractivity contribution in [1.29, 1.82) is 0 Å². The van der Waals surface area contributed by atoms with Crippen LogP contribution in [0.3, 0.4) is 0 Å². The van der Waals surface area contributed by atoms with Crippen LogP contribution in [0, 0.1) is 0 Å². The molecule has 4 nitrogen and oxygen atoms in total. The fourth-order valence-corrected chi connectivity index (χ4v) is 9.23. The summed E-state index contributed by atoms with van der Waals surface area (Å²) in [5.74, 6) is 0. The molecule has 0 unspecified atom stereocenters. The van der Waals surface area contributed by atoms with Gasteiger partial charge < -0.3 is 13.7 Å². The van der Waals surface area contributed by atoms with Gasteiger partial charge >= 0.3 is 0 Å². The van der Waals surface area contributed by atoms with Crippen LogP contribution in [0.2, 0.25) is 0 Å². The van der Waals surface area contributed by atoms with Crippen molar-refractivity contribution in [3.05, 3.63) is 219 Å². The van der Waals surface area contributed by atoms with Gasteiger partial charge in [0.1, 0.15) is 0 Å². The minimum atomic E-state index is 0.930. The highest BCUT2D eigenvalue weighted by Crippen LogP contribution is 2.44. The average Bonchev–Trinajstić information content (AvgIpc) is 4.00. The van der Waals surface area contributed by atoms with E-state index in [1.54, 1.807) is 0 Å². The third kappa shape index (κ3) is 5.27. The van der Waals surface area contributed by atoms with Gasteiger partial charge in [0.25, 0.3) is 0 Å². The van der Waals surface area contributed by atoms with Crippen molar-refractivity contribution in [3.8, 4) is 50.7 Å². The molecule has 0 saturated heterocycles. The first-order chi connectivity index (χ1) is 29.3. The first-order valence-corrected chi connectivity index (χ1v) is 20.1. The van der Waals surface area contributed by atoms with E-state index in [0.717, 1.165) is 56.2 Å². The van der Waals surface area contributed by atoms with Gasteiger partial charge in [0.2, 0.25) is 0 Å². The summed E-state index contributed by atoms with van der Waals surface area (Å²) in [7, 11) is 0. The van der Waals surface area contributed by atoms with E-state index in [2.05, 4.69) is 232 Å². The van der Waals surface area contributed by atoms with Gasteiger partial charge in [-0.2, -0.15) is 0 Å². The summed E-state index contributed by atoms with van der Waals surface area (Å²) in [6.45, 7) is 0. The third-order valence-electron chi connectivity index (χ3n) is 11.8. The Hall–Kier alpha value is -7.95. The summed E-state index contributed by atoms with van der Waals surface area (Å²) >= 11 is 0. The van der Waals surface area contributed by atoms with Gasteiger partial charge in [-0.25, -0.2) is 4.98 Å². The van der Waals surface area contributed by atoms with Gasteiger partial charge in [0.05, 0.1) is 39.0 Å². The second-order valence-corrected chi connectivity index (χ2v) is 15.2. The number of pyridine rings is 1. The van der Waals surface area contributed by atoms with Gasteiger partial charge in [0.15, 0.2) is 0 Å². The number of fused-ring (bicyclic) bond motifs is 9. The molecule has 4 heteroatoms. The Bertz CT molecular complexity index is 3460. The molecule has 0 fully saturated rings. The van der Waals surface area contributed by atoms with E-state index in [9.17, 15) is 0 Å². The Morgan fingerprint density at radius 2 is 0.881 bits per heavy atom. The molecule has 0 atom stereocenters. The molecule has 8 aromatic carbocycles. The predicted octanol–water partition coefficient (Wildman–Crippen LogP) is 14.2. The summed E-state index contributed by atoms with van der Waals surface area (Å²) in [5.41, 5.74) is 15.6. The van der Waals surface area contributed by atoms with Crippen LogP contribution in [-0.2, 0) is 0 Å². The fraction of sp³-hybridized carbons (Fsp3) is 0. The minimum Gasteiger partial charge on any atom is -0.316 e. The first-order valence-electron chi connectivity index (χ1n) is 20.1. The summed E-state index contributed by atoms with van der Waals surface area (Å²) in [6, 6.07) is 76.2. The molecule has 0 saturated carbocycles. The quantitative estimate of drug-likeness (QED) is 0.166. The Balaban J connectivity index is 1.18. The van der Waals surface area contributed by atoms with E-state index in [-0.39, 0.29) is 0 Å². The van der Waals surface area contributed by atoms with Crippen LogP contribution in [0.25, 0.3) is 105 Å². The molecule has 4 heterocycles. The molecule has 0 radical (unpaired) electrons. The minimum absolute atomic E-state index is 0.930. The van der Waals surface area contributed by atoms with Crippen molar-refractivity contribution in [2.45, 2.75) is 0 Å². The van der Waals surface area contributed by atoms with Crippen molar-refractivity contribution < 1.29 is 0 Å². The Morgan fingerprint density at radius 3 is 1.63 bits per heavy atom. The molecule has 0 aliphatic rings. The summed E-state index contributed by atoms with van der Waals surface area (Å²) in [4.78, 5) is 5.35. The van der Waals surface area contributed by atoms with E-state index in [1.807, 2.05) is 0 Å². The predicted molar refractivity (Wildman–Crippen MR) is 246 cm³/mol. The van der Waals surface area contributed by atoms with E-state index in [0.29, 0.717) is 0 Å². The molecule has 12 aromatic rings. The number of hydrogen-bond donors (Lipinski definition) is 0. The van der Waals surface area contributed by atoms with E-state index < -0.39 is 0 Å². The Labute approximate surface area is 341 Å². The lowest BCUT2D eigenvalue weighted by Gasteiger charge is -2.14. The average molecular weight is 753 g/mol. The zero-order valence-corrected chi connectivity index (χ0v) is 32.1. The second kappa shape index (κ2) is 13.3. The van der Waals surface area contributed by atoms with Crippen molar-refractivity contribution in [2.24, 2.45) is 0 Å². The lowest BCUT2D eigenvalue weighted by atomic mass is 10.00. The highest BCUT2D eigenvalue weighted by atomic mass is 15.0. The van der Waals surface area contributed by atoms with Crippen molar-refractivity contribution >= 4 is 54.5 Å². The number of hydrogen-bond acceptors (Lipinski definition) is 1. The van der Waals surface area contributed by atoms with Gasteiger partial charge in [0, 0.05) is 61.3 Å². The first kappa shape index (κ1) is 33.2. The number of nitrogens with zero attached hydrogens (tertiary/aromatic N) is 4. The summed E-state index contributed by atoms with van der Waals surface area (Å²) < 4.78 is 7.23. The van der Waals surface area contributed by atoms with Crippen molar-refractivity contribution in [3.63, 3.8) is 0 Å². The molecule has 0 amide bonds. The van der Waals surface area contributed by atoms with Gasteiger partial charge in [-0.05, 0) is 83.9 Å². The SMILES string of the molecule is c1ccc(-c2cc(-c3ccccc3)nc(-c3cccc(-n4c5c(ccc6c5ccn6-c5ccccc5)c5ccc6c(c7ccccc7n6-c6ccccc6)c54)c3)c2)cc1. The van der Waals surface area contributed by atoms with Crippen LogP contribution in [0.4, 0.5) is 0 Å². The number of para-hydroxylation sites is 3. The molecule has 0 bridgehead atoms. The third-order valence-corrected chi connectivity index (χ3v) is 11.8. The molecule has 0 aliphatic heterocycles. The number of benzene rings is 8. The molecule has 4 aromatic heterocycles. The van der Waals surface area contributed by atoms with E-state index in [1.165, 1.54) is 49.0 Å². The Kier molecular flexibility index (Phi) is 7.50. The fourth-order valence-electron chi connectivity index (χ4n) is 9.23. The zero-order valence-electron chi connectivity index (χ0n) is 32.1. The van der Waals surface area contributed by atoms with E-state index >= 15 is 0 Å². The normalized spacial score (nSPS) is 11.7. The van der Waals surface area contributed by atoms with Crippen LogP contribution in [0.15, 0.2) is 219 Å². The lowest BCUT2D eigenvalue weighted by molar-refractivity contribution is 1.13. The van der Waals surface area contributed by atoms with Crippen LogP contribution < -0.4 is 0 Å². The van der Waals surface area contributed by atoms with Crippen molar-refractivity contribution in [1.82, 2.24) is 18.7 Å². The van der Waals surface area contributed by atoms with Crippen LogP contribution in [0.5, 0.6) is 0 Å². The molecule has 59 heavy (non-hydrogen) atoms. The molecular weight excluding hydrogens is 717 g/mol. The van der Waals surface area contributed by atoms with Crippen LogP contribution in [-0.4, -0.2) is 18.7 Å². The van der Waals surface area contributed by atoms with Gasteiger partial charge in [-0.15, -0.1) is 0 Å². The number of rotatable bonds is 6. The highest BCUT2D eigenvalue weighted by Gasteiger charge is 2.23. The second-order valence-electron chi connectivity index (χ2n) is 15.2. The van der Waals surface area contributed by atoms with Crippen LogP contribution >= 0.6 is 0 Å². The van der Waals surface area contributed by atoms with Gasteiger partial charge in [-0.3, -0.25) is 0 Å². The summed E-state index contributed by atoms with van der Waals surface area (Å²) in [6.07, 6.45) is 2.21. The molecular formula is C55H36N4. The van der Waals surface area contributed by atoms with Gasteiger partial charge in [-0.1, -0.05) is 140 Å². The molecule has 0 N–H and O–H groups in total. The van der Waals surface area contributed by atoms with E-state index in [4.69, 9.17) is 4.98 Å². The smallest absolute Gasteiger partial charge is 0.0716 e. The van der Waals surface area contributed by atoms with Crippen molar-refractivity contribution in [2.75, 3.05) is 0 Å². The topological polar surface area (TPSA) is 27.7 Å². The molecule has 12 rings (SSSR count). The highest BCUT2D eigenvalue weighted by molar-refractivity contribution is 6.28. The Morgan fingerprint density at radius 1 is 0.305 bits per heavy atom. The number of aromatic nitrogens is 4.